The number of Topliss-reactive ketones (excluding diaryl/α,β-unsaturated/α-hetero) is 1. The second kappa shape index (κ2) is 15.9. The van der Waals surface area contributed by atoms with E-state index in [0.29, 0.717) is 13.0 Å². The predicted molar refractivity (Wildman–Crippen MR) is 96.4 cm³/mol. The number of carbonyl (C=O) groups is 3. The third-order valence-electron chi connectivity index (χ3n) is 4.07. The molecule has 0 aliphatic carbocycles. The van der Waals surface area contributed by atoms with Crippen LogP contribution in [0.1, 0.15) is 71.6 Å². The van der Waals surface area contributed by atoms with Gasteiger partial charge in [-0.05, 0) is 19.8 Å². The van der Waals surface area contributed by atoms with Crippen LogP contribution in [0.3, 0.4) is 0 Å². The Morgan fingerprint density at radius 2 is 1.42 bits per heavy atom. The molecule has 0 fully saturated rings. The standard InChI is InChI=1S/C19H34O7/c1-15(21)18(19(24)26-16(2)22)11-9-7-5-3-4-6-8-10-12-25-14-17(23)13-20/h17-18,20,23H,3-14H2,1-2H3. The Bertz CT molecular complexity index is 409. The highest BCUT2D eigenvalue weighted by Gasteiger charge is 2.25. The van der Waals surface area contributed by atoms with Gasteiger partial charge in [-0.15, -0.1) is 0 Å². The van der Waals surface area contributed by atoms with Gasteiger partial charge in [-0.2, -0.15) is 0 Å². The second-order valence-electron chi connectivity index (χ2n) is 6.60. The molecule has 2 N–H and O–H groups in total. The Morgan fingerprint density at radius 3 is 1.92 bits per heavy atom. The second-order valence-corrected chi connectivity index (χ2v) is 6.60. The first kappa shape index (κ1) is 24.7. The maximum atomic E-state index is 11.7. The lowest BCUT2D eigenvalue weighted by Gasteiger charge is -2.11. The van der Waals surface area contributed by atoms with Crippen LogP contribution in [0.4, 0.5) is 0 Å². The van der Waals surface area contributed by atoms with Gasteiger partial charge in [-0.1, -0.05) is 44.9 Å². The average Bonchev–Trinajstić information content (AvgIpc) is 2.57. The number of ether oxygens (including phenoxy) is 2. The number of hydrogen-bond donors (Lipinski definition) is 2. The molecule has 0 heterocycles. The molecule has 0 radical (unpaired) electrons. The SMILES string of the molecule is CC(=O)OC(=O)C(CCCCCCCCCCOCC(O)CO)C(C)=O. The Morgan fingerprint density at radius 1 is 0.885 bits per heavy atom. The van der Waals surface area contributed by atoms with Crippen molar-refractivity contribution in [3.8, 4) is 0 Å². The van der Waals surface area contributed by atoms with Gasteiger partial charge in [0.25, 0.3) is 0 Å². The fourth-order valence-corrected chi connectivity index (χ4v) is 2.59. The maximum absolute atomic E-state index is 11.7. The highest BCUT2D eigenvalue weighted by atomic mass is 16.6. The van der Waals surface area contributed by atoms with E-state index in [1.54, 1.807) is 0 Å². The molecule has 0 aromatic rings. The molecule has 0 aliphatic heterocycles. The van der Waals surface area contributed by atoms with Crippen molar-refractivity contribution in [2.75, 3.05) is 19.8 Å². The monoisotopic (exact) mass is 374 g/mol. The van der Waals surface area contributed by atoms with Gasteiger partial charge in [0.2, 0.25) is 0 Å². The first-order chi connectivity index (χ1) is 12.4. The van der Waals surface area contributed by atoms with Gasteiger partial charge >= 0.3 is 11.9 Å². The van der Waals surface area contributed by atoms with Gasteiger partial charge in [0.05, 0.1) is 13.2 Å². The lowest BCUT2D eigenvalue weighted by Crippen LogP contribution is -2.25. The Kier molecular flexibility index (Phi) is 15.1. The number of rotatable bonds is 16. The first-order valence-electron chi connectivity index (χ1n) is 9.47. The average molecular weight is 374 g/mol. The summed E-state index contributed by atoms with van der Waals surface area (Å²) in [5.41, 5.74) is 0. The molecule has 0 rings (SSSR count). The summed E-state index contributed by atoms with van der Waals surface area (Å²) in [7, 11) is 0. The molecule has 152 valence electrons. The molecule has 0 aromatic heterocycles. The van der Waals surface area contributed by atoms with Crippen LogP contribution in [0.2, 0.25) is 0 Å². The number of esters is 2. The summed E-state index contributed by atoms with van der Waals surface area (Å²) in [6, 6.07) is 0. The summed E-state index contributed by atoms with van der Waals surface area (Å²) in [6.07, 6.45) is 7.75. The van der Waals surface area contributed by atoms with E-state index < -0.39 is 24.0 Å². The van der Waals surface area contributed by atoms with Crippen molar-refractivity contribution in [2.45, 2.75) is 77.7 Å². The van der Waals surface area contributed by atoms with Crippen molar-refractivity contribution in [1.29, 1.82) is 0 Å². The van der Waals surface area contributed by atoms with Crippen LogP contribution in [0, 0.1) is 5.92 Å². The summed E-state index contributed by atoms with van der Waals surface area (Å²) in [6.45, 7) is 3.00. The first-order valence-corrected chi connectivity index (χ1v) is 9.47. The minimum Gasteiger partial charge on any atom is -0.394 e. The van der Waals surface area contributed by atoms with E-state index >= 15 is 0 Å². The summed E-state index contributed by atoms with van der Waals surface area (Å²) >= 11 is 0. The molecule has 0 aromatic carbocycles. The van der Waals surface area contributed by atoms with Crippen LogP contribution in [0.15, 0.2) is 0 Å². The molecule has 7 nitrogen and oxygen atoms in total. The minimum absolute atomic E-state index is 0.178. The molecule has 0 aliphatic rings. The van der Waals surface area contributed by atoms with E-state index in [0.717, 1.165) is 58.3 Å². The van der Waals surface area contributed by atoms with Gasteiger partial charge < -0.3 is 19.7 Å². The van der Waals surface area contributed by atoms with Crippen LogP contribution >= 0.6 is 0 Å². The van der Waals surface area contributed by atoms with Gasteiger partial charge in [-0.25, -0.2) is 0 Å². The molecule has 2 unspecified atom stereocenters. The smallest absolute Gasteiger partial charge is 0.324 e. The Balaban J connectivity index is 3.55. The normalized spacial score (nSPS) is 13.2. The van der Waals surface area contributed by atoms with E-state index in [-0.39, 0.29) is 19.0 Å². The highest BCUT2D eigenvalue weighted by molar-refractivity contribution is 6.00. The molecule has 0 bridgehead atoms. The molecule has 7 heteroatoms. The molecule has 0 spiro atoms. The largest absolute Gasteiger partial charge is 0.394 e. The van der Waals surface area contributed by atoms with E-state index in [1.165, 1.54) is 6.92 Å². The maximum Gasteiger partial charge on any atom is 0.324 e. The van der Waals surface area contributed by atoms with Crippen molar-refractivity contribution in [2.24, 2.45) is 5.92 Å². The predicted octanol–water partition coefficient (Wildman–Crippen LogP) is 2.16. The quantitative estimate of drug-likeness (QED) is 0.242. The number of ketones is 1. The molecule has 0 amide bonds. The van der Waals surface area contributed by atoms with Crippen molar-refractivity contribution in [3.63, 3.8) is 0 Å². The van der Waals surface area contributed by atoms with Gasteiger partial charge in [-0.3, -0.25) is 14.4 Å². The van der Waals surface area contributed by atoms with Crippen LogP contribution < -0.4 is 0 Å². The molecular weight excluding hydrogens is 340 g/mol. The van der Waals surface area contributed by atoms with E-state index in [9.17, 15) is 14.4 Å². The van der Waals surface area contributed by atoms with Crippen LogP contribution in [0.5, 0.6) is 0 Å². The van der Waals surface area contributed by atoms with Gasteiger partial charge in [0, 0.05) is 13.5 Å². The molecule has 0 saturated heterocycles. The minimum atomic E-state index is -0.830. The molecular formula is C19H34O7. The third kappa shape index (κ3) is 13.9. The summed E-state index contributed by atoms with van der Waals surface area (Å²) in [4.78, 5) is 33.9. The molecule has 2 atom stereocenters. The Labute approximate surface area is 156 Å². The zero-order chi connectivity index (χ0) is 19.8. The van der Waals surface area contributed by atoms with Crippen molar-refractivity contribution >= 4 is 17.7 Å². The zero-order valence-corrected chi connectivity index (χ0v) is 16.1. The number of hydrogen-bond acceptors (Lipinski definition) is 7. The van der Waals surface area contributed by atoms with Crippen LogP contribution in [-0.4, -0.2) is 53.9 Å². The van der Waals surface area contributed by atoms with Crippen LogP contribution in [-0.2, 0) is 23.9 Å². The van der Waals surface area contributed by atoms with Crippen LogP contribution in [0.25, 0.3) is 0 Å². The number of unbranched alkanes of at least 4 members (excludes halogenated alkanes) is 7. The van der Waals surface area contributed by atoms with Gasteiger partial charge in [0.1, 0.15) is 17.8 Å². The summed E-state index contributed by atoms with van der Waals surface area (Å²) in [5.74, 6) is -2.51. The fraction of sp³-hybridized carbons (Fsp3) is 0.842. The topological polar surface area (TPSA) is 110 Å². The number of aliphatic hydroxyl groups excluding tert-OH is 2. The zero-order valence-electron chi connectivity index (χ0n) is 16.1. The summed E-state index contributed by atoms with van der Waals surface area (Å²) in [5, 5.41) is 17.7. The van der Waals surface area contributed by atoms with Crippen molar-refractivity contribution in [3.05, 3.63) is 0 Å². The van der Waals surface area contributed by atoms with Crippen molar-refractivity contribution < 1.29 is 34.1 Å². The number of carbonyl (C=O) groups excluding carboxylic acids is 3. The molecule has 0 saturated carbocycles. The van der Waals surface area contributed by atoms with E-state index in [2.05, 4.69) is 4.74 Å². The van der Waals surface area contributed by atoms with Crippen molar-refractivity contribution in [1.82, 2.24) is 0 Å². The molecule has 26 heavy (non-hydrogen) atoms. The number of aliphatic hydroxyl groups is 2. The third-order valence-corrected chi connectivity index (χ3v) is 4.07. The van der Waals surface area contributed by atoms with Gasteiger partial charge in [0.15, 0.2) is 0 Å². The van der Waals surface area contributed by atoms with E-state index in [4.69, 9.17) is 14.9 Å². The lowest BCUT2D eigenvalue weighted by molar-refractivity contribution is -0.162. The van der Waals surface area contributed by atoms with E-state index in [1.807, 2.05) is 0 Å². The fourth-order valence-electron chi connectivity index (χ4n) is 2.59. The summed E-state index contributed by atoms with van der Waals surface area (Å²) < 4.78 is 9.74. The Hall–Kier alpha value is -1.31. The lowest BCUT2D eigenvalue weighted by atomic mass is 9.97. The highest BCUT2D eigenvalue weighted by Crippen LogP contribution is 2.15.